The van der Waals surface area contributed by atoms with E-state index in [1.165, 1.54) is 23.3 Å². The molecule has 0 saturated carbocycles. The second kappa shape index (κ2) is 19.3. The number of furan rings is 1. The average Bonchev–Trinajstić information content (AvgIpc) is 3.56. The van der Waals surface area contributed by atoms with Gasteiger partial charge in [-0.15, -0.1) is 0 Å². The van der Waals surface area contributed by atoms with Gasteiger partial charge >= 0.3 is 8.25 Å². The van der Waals surface area contributed by atoms with Crippen LogP contribution in [-0.2, 0) is 30.1 Å². The van der Waals surface area contributed by atoms with Gasteiger partial charge in [0.15, 0.2) is 5.76 Å². The summed E-state index contributed by atoms with van der Waals surface area (Å²) in [6.45, 7) is 3.60. The normalized spacial score (nSPS) is 12.8. The molecular formula is C32H41N4O9P. The number of benzene rings is 2. The van der Waals surface area contributed by atoms with E-state index in [0.29, 0.717) is 36.1 Å². The molecule has 0 radical (unpaired) electrons. The third kappa shape index (κ3) is 11.3. The van der Waals surface area contributed by atoms with E-state index in [-0.39, 0.29) is 24.9 Å². The topological polar surface area (TPSA) is 177 Å². The van der Waals surface area contributed by atoms with Crippen LogP contribution >= 0.6 is 8.25 Å². The van der Waals surface area contributed by atoms with Crippen LogP contribution in [-0.4, -0.2) is 53.5 Å². The minimum atomic E-state index is -3.14. The van der Waals surface area contributed by atoms with Gasteiger partial charge in [0.25, 0.3) is 11.8 Å². The molecule has 46 heavy (non-hydrogen) atoms. The Bertz CT molecular complexity index is 1430. The molecule has 3 atom stereocenters. The van der Waals surface area contributed by atoms with E-state index in [1.54, 1.807) is 18.2 Å². The number of nitrogens with zero attached hydrogens (tertiary/aromatic N) is 1. The molecule has 0 aliphatic heterocycles. The summed E-state index contributed by atoms with van der Waals surface area (Å²) in [5.74, 6) is -1.49. The number of rotatable bonds is 20. The first kappa shape index (κ1) is 36.2. The molecule has 3 aromatic rings. The molecule has 4 N–H and O–H groups in total. The maximum Gasteiger partial charge on any atom is 0.318 e. The van der Waals surface area contributed by atoms with Gasteiger partial charge in [-0.2, -0.15) is 0 Å². The van der Waals surface area contributed by atoms with E-state index in [1.807, 2.05) is 37.3 Å². The number of nitrogens with one attached hydrogen (secondary N) is 3. The number of hydrogen-bond acceptors (Lipinski definition) is 8. The molecule has 4 amide bonds. The molecule has 0 fully saturated rings. The summed E-state index contributed by atoms with van der Waals surface area (Å²) in [5.41, 5.74) is 1.80. The molecule has 3 rings (SSSR count). The molecule has 13 nitrogen and oxygen atoms in total. The lowest BCUT2D eigenvalue weighted by Crippen LogP contribution is -2.48. The van der Waals surface area contributed by atoms with Crippen LogP contribution in [0, 0.1) is 5.92 Å². The highest BCUT2D eigenvalue weighted by atomic mass is 31.1. The van der Waals surface area contributed by atoms with Crippen molar-refractivity contribution in [3.63, 3.8) is 0 Å². The SMILES string of the molecule is CCCCC[C@@H](C(=O)NCNC(=O)c1ccc(-c2ccc(C(=O)NCO[PH](=O)O)cc2)o1)[C@@H](CC)N(C=O)OCc1ccccc1. The van der Waals surface area contributed by atoms with Crippen molar-refractivity contribution in [2.24, 2.45) is 5.92 Å². The minimum Gasteiger partial charge on any atom is -0.451 e. The predicted molar refractivity (Wildman–Crippen MR) is 170 cm³/mol. The van der Waals surface area contributed by atoms with Crippen molar-refractivity contribution in [3.05, 3.63) is 83.6 Å². The standard InChI is InChI=1S/C32H41N4O9P/c1-3-5-7-12-26(27(4-2)36(22-37)43-19-23-10-8-6-9-11-23)31(39)33-20-34-32(40)29-18-17-28(45-29)24-13-15-25(16-14-24)30(38)35-21-44-46(41)42/h6,8-11,13-18,22,26-27,46H,3-5,7,12,19-21H2,1-2H3,(H,33,39)(H,34,40)(H,35,38)(H,41,42)/t26-,27-/m1/s1. The Kier molecular flexibility index (Phi) is 15.2. The van der Waals surface area contributed by atoms with E-state index in [4.69, 9.17) is 14.1 Å². The Morgan fingerprint density at radius 2 is 1.70 bits per heavy atom. The second-order valence-electron chi connectivity index (χ2n) is 10.3. The monoisotopic (exact) mass is 656 g/mol. The lowest BCUT2D eigenvalue weighted by Gasteiger charge is -2.32. The van der Waals surface area contributed by atoms with Crippen molar-refractivity contribution < 1.29 is 42.4 Å². The second-order valence-corrected chi connectivity index (χ2v) is 11.1. The van der Waals surface area contributed by atoms with Gasteiger partial charge in [-0.3, -0.25) is 33.1 Å². The van der Waals surface area contributed by atoms with Crippen molar-refractivity contribution in [1.29, 1.82) is 0 Å². The van der Waals surface area contributed by atoms with Gasteiger partial charge in [0.2, 0.25) is 12.3 Å². The fourth-order valence-corrected chi connectivity index (χ4v) is 4.97. The Morgan fingerprint density at radius 1 is 0.957 bits per heavy atom. The molecule has 0 aliphatic rings. The Morgan fingerprint density at radius 3 is 2.35 bits per heavy atom. The molecule has 0 bridgehead atoms. The first-order valence-corrected chi connectivity index (χ1v) is 16.3. The molecule has 2 aromatic carbocycles. The molecular weight excluding hydrogens is 615 g/mol. The van der Waals surface area contributed by atoms with Crippen molar-refractivity contribution in [2.45, 2.75) is 58.6 Å². The third-order valence-corrected chi connectivity index (χ3v) is 7.58. The summed E-state index contributed by atoms with van der Waals surface area (Å²) < 4.78 is 20.7. The van der Waals surface area contributed by atoms with Gasteiger partial charge < -0.3 is 25.3 Å². The lowest BCUT2D eigenvalue weighted by atomic mass is 9.90. The van der Waals surface area contributed by atoms with Crippen LogP contribution in [0.15, 0.2) is 71.1 Å². The van der Waals surface area contributed by atoms with Gasteiger partial charge in [0, 0.05) is 11.1 Å². The van der Waals surface area contributed by atoms with Crippen molar-refractivity contribution in [3.8, 4) is 11.3 Å². The zero-order chi connectivity index (χ0) is 33.3. The maximum absolute atomic E-state index is 13.4. The van der Waals surface area contributed by atoms with E-state index >= 15 is 0 Å². The fraction of sp³-hybridized carbons (Fsp3) is 0.375. The van der Waals surface area contributed by atoms with E-state index in [9.17, 15) is 23.7 Å². The number of amides is 4. The average molecular weight is 657 g/mol. The van der Waals surface area contributed by atoms with Crippen LogP contribution in [0.4, 0.5) is 0 Å². The third-order valence-electron chi connectivity index (χ3n) is 7.19. The zero-order valence-corrected chi connectivity index (χ0v) is 26.9. The number of hydrogen-bond donors (Lipinski definition) is 4. The highest BCUT2D eigenvalue weighted by Crippen LogP contribution is 2.24. The smallest absolute Gasteiger partial charge is 0.318 e. The van der Waals surface area contributed by atoms with Crippen LogP contribution < -0.4 is 16.0 Å². The molecule has 0 saturated heterocycles. The summed E-state index contributed by atoms with van der Waals surface area (Å²) in [7, 11) is -3.14. The van der Waals surface area contributed by atoms with E-state index in [0.717, 1.165) is 24.8 Å². The van der Waals surface area contributed by atoms with Crippen molar-refractivity contribution >= 4 is 32.4 Å². The van der Waals surface area contributed by atoms with Gasteiger partial charge in [0.05, 0.1) is 18.6 Å². The number of hydroxylamine groups is 2. The van der Waals surface area contributed by atoms with Crippen LogP contribution in [0.2, 0.25) is 0 Å². The van der Waals surface area contributed by atoms with Crippen LogP contribution in [0.3, 0.4) is 0 Å². The lowest BCUT2D eigenvalue weighted by molar-refractivity contribution is -0.200. The summed E-state index contributed by atoms with van der Waals surface area (Å²) in [6.07, 6.45) is 4.35. The maximum atomic E-state index is 13.4. The summed E-state index contributed by atoms with van der Waals surface area (Å²) in [6, 6.07) is 18.4. The predicted octanol–water partition coefficient (Wildman–Crippen LogP) is 4.40. The molecule has 248 valence electrons. The number of carbonyl (C=O) groups is 4. The zero-order valence-electron chi connectivity index (χ0n) is 25.9. The molecule has 14 heteroatoms. The summed E-state index contributed by atoms with van der Waals surface area (Å²) >= 11 is 0. The molecule has 0 aliphatic carbocycles. The van der Waals surface area contributed by atoms with Crippen molar-refractivity contribution in [2.75, 3.05) is 13.4 Å². The Labute approximate surface area is 268 Å². The van der Waals surface area contributed by atoms with Gasteiger partial charge in [-0.25, -0.2) is 5.06 Å². The van der Waals surface area contributed by atoms with Crippen molar-refractivity contribution in [1.82, 2.24) is 21.0 Å². The highest BCUT2D eigenvalue weighted by Gasteiger charge is 2.32. The van der Waals surface area contributed by atoms with Gasteiger partial charge in [0.1, 0.15) is 19.1 Å². The quantitative estimate of drug-likeness (QED) is 0.0451. The fourth-order valence-electron chi connectivity index (χ4n) is 4.78. The molecule has 0 spiro atoms. The van der Waals surface area contributed by atoms with Gasteiger partial charge in [-0.1, -0.05) is 75.6 Å². The minimum absolute atomic E-state index is 0.0230. The molecule has 1 unspecified atom stereocenters. The number of unbranched alkanes of at least 4 members (excludes halogenated alkanes) is 2. The Balaban J connectivity index is 1.57. The van der Waals surface area contributed by atoms with Gasteiger partial charge in [-0.05, 0) is 42.7 Å². The molecule has 1 aromatic heterocycles. The van der Waals surface area contributed by atoms with E-state index in [2.05, 4.69) is 27.4 Å². The summed E-state index contributed by atoms with van der Waals surface area (Å²) in [4.78, 5) is 64.7. The molecule has 1 heterocycles. The Hall–Kier alpha value is -4.29. The van der Waals surface area contributed by atoms with Crippen LogP contribution in [0.25, 0.3) is 11.3 Å². The number of carbonyl (C=O) groups excluding carboxylic acids is 4. The van der Waals surface area contributed by atoms with E-state index < -0.39 is 38.8 Å². The first-order valence-electron chi connectivity index (χ1n) is 15.1. The van der Waals surface area contributed by atoms with Crippen LogP contribution in [0.1, 0.15) is 72.4 Å². The summed E-state index contributed by atoms with van der Waals surface area (Å²) in [5, 5.41) is 8.98. The highest BCUT2D eigenvalue weighted by molar-refractivity contribution is 7.32. The van der Waals surface area contributed by atoms with Crippen LogP contribution in [0.5, 0.6) is 0 Å². The largest absolute Gasteiger partial charge is 0.451 e. The first-order chi connectivity index (χ1) is 22.3.